The van der Waals surface area contributed by atoms with Crippen LogP contribution in [0.4, 0.5) is 15.1 Å². The van der Waals surface area contributed by atoms with Crippen LogP contribution in [0.2, 0.25) is 0 Å². The Balaban J connectivity index is 0.000000206. The third kappa shape index (κ3) is 14.0. The number of rotatable bonds is 21. The van der Waals surface area contributed by atoms with Crippen LogP contribution in [-0.2, 0) is 32.2 Å². The summed E-state index contributed by atoms with van der Waals surface area (Å²) >= 11 is 2.41. The van der Waals surface area contributed by atoms with Gasteiger partial charge in [0.1, 0.15) is 24.8 Å². The van der Waals surface area contributed by atoms with Crippen molar-refractivity contribution in [2.75, 3.05) is 69.3 Å². The van der Waals surface area contributed by atoms with Gasteiger partial charge in [-0.05, 0) is 82.5 Å². The average Bonchev–Trinajstić information content (AvgIpc) is 4.15. The van der Waals surface area contributed by atoms with E-state index in [1.165, 1.54) is 23.1 Å². The molecule has 22 nitrogen and oxygen atoms in total. The number of nitrogens with zero attached hydrogens (tertiary/aromatic N) is 11. The summed E-state index contributed by atoms with van der Waals surface area (Å²) in [5.41, 5.74) is 6.77. The van der Waals surface area contributed by atoms with Crippen LogP contribution in [0.15, 0.2) is 73.8 Å². The van der Waals surface area contributed by atoms with E-state index in [2.05, 4.69) is 34.0 Å². The molecule has 0 atom stereocenters. The maximum atomic E-state index is 13.1. The van der Waals surface area contributed by atoms with E-state index in [-0.39, 0.29) is 39.3 Å². The van der Waals surface area contributed by atoms with Gasteiger partial charge in [-0.25, -0.2) is 14.8 Å². The molecule has 2 aliphatic rings. The zero-order valence-electron chi connectivity index (χ0n) is 37.6. The molecule has 0 radical (unpaired) electrons. The van der Waals surface area contributed by atoms with Gasteiger partial charge in [0.25, 0.3) is 0 Å². The first-order valence-corrected chi connectivity index (χ1v) is 23.0. The molecule has 0 spiro atoms. The van der Waals surface area contributed by atoms with Gasteiger partial charge in [-0.2, -0.15) is 18.7 Å². The van der Waals surface area contributed by atoms with E-state index in [0.717, 1.165) is 42.1 Å². The molecule has 0 saturated heterocycles. The number of fused-ring (bicyclic) bond motifs is 2. The van der Waals surface area contributed by atoms with Gasteiger partial charge in [0.15, 0.2) is 23.0 Å². The number of aromatic nitrogens is 8. The molecule has 2 amide bonds. The molecule has 0 bridgehead atoms. The minimum absolute atomic E-state index is 0.0149. The van der Waals surface area contributed by atoms with Crippen molar-refractivity contribution in [1.29, 1.82) is 0 Å². The number of carbonyl (C=O) groups excluding carboxylic acids is 3. The highest BCUT2D eigenvalue weighted by molar-refractivity contribution is 7.10. The lowest BCUT2D eigenvalue weighted by Crippen LogP contribution is -2.39. The second-order valence-electron chi connectivity index (χ2n) is 16.0. The minimum Gasteiger partial charge on any atom is -0.465 e. The highest BCUT2D eigenvalue weighted by atomic mass is 32.1. The normalized spacial score (nSPS) is 12.3. The number of amides is 2. The fraction of sp³-hybridized carbons (Fsp3) is 0.419. The first-order chi connectivity index (χ1) is 32.4. The smallest absolute Gasteiger partial charge is 0.410 e. The van der Waals surface area contributed by atoms with Gasteiger partial charge in [-0.1, -0.05) is 12.1 Å². The molecule has 24 heteroatoms. The molecule has 0 unspecified atom stereocenters. The number of benzene rings is 2. The van der Waals surface area contributed by atoms with Crippen molar-refractivity contribution in [1.82, 2.24) is 48.0 Å². The van der Waals surface area contributed by atoms with Gasteiger partial charge in [0, 0.05) is 80.6 Å². The third-order valence-corrected chi connectivity index (χ3v) is 11.2. The van der Waals surface area contributed by atoms with Crippen LogP contribution in [0.25, 0.3) is 11.9 Å². The van der Waals surface area contributed by atoms with Gasteiger partial charge in [0.2, 0.25) is 41.7 Å². The van der Waals surface area contributed by atoms with E-state index in [0.29, 0.717) is 66.3 Å². The Morgan fingerprint density at radius 1 is 0.776 bits per heavy atom. The van der Waals surface area contributed by atoms with Gasteiger partial charge >= 0.3 is 12.1 Å². The van der Waals surface area contributed by atoms with Crippen LogP contribution in [0.1, 0.15) is 51.7 Å². The molecule has 6 aromatic rings. The highest BCUT2D eigenvalue weighted by Gasteiger charge is 2.25. The quantitative estimate of drug-likeness (QED) is 0.0741. The van der Waals surface area contributed by atoms with Crippen molar-refractivity contribution in [2.24, 2.45) is 5.73 Å². The number of hydrogen-bond donors (Lipinski definition) is 2. The predicted molar refractivity (Wildman–Crippen MR) is 247 cm³/mol. The lowest BCUT2D eigenvalue weighted by Gasteiger charge is -2.28. The predicted octanol–water partition coefficient (Wildman–Crippen LogP) is 4.57. The molecular weight excluding hydrogens is 907 g/mol. The van der Waals surface area contributed by atoms with E-state index < -0.39 is 17.6 Å². The molecule has 6 heterocycles. The van der Waals surface area contributed by atoms with Crippen molar-refractivity contribution in [3.8, 4) is 34.9 Å². The Morgan fingerprint density at radius 3 is 1.91 bits per heavy atom. The summed E-state index contributed by atoms with van der Waals surface area (Å²) in [4.78, 5) is 59.2. The number of imidazole rings is 2. The summed E-state index contributed by atoms with van der Waals surface area (Å²) in [6, 6.07) is 11.5. The molecule has 0 aliphatic carbocycles. The standard InChI is InChI=1S/C25H32N6O6S.C18H21N7O3S/c1-5-34-21(32)15-29(23-27-22(28-38-23)31-12-9-26-16-31)10-6-11-30(24(33)37-25(2,3)4)14-18-7-8-19-20(13-18)36-17-35-19;19-16(26)10-24(18-22-17(23-29-18)25-7-5-21-11-25)6-1-4-20-9-13-2-3-14-15(8-13)28-12-27-14/h7-9,12-13,16H,5-6,10-11,14-15,17H2,1-4H3;2-3,5,7-8,11,20H,1,4,6,9-10,12H2,(H2,19,26). The Labute approximate surface area is 394 Å². The molecule has 3 N–H and O–H groups in total. The fourth-order valence-corrected chi connectivity index (χ4v) is 8.01. The van der Waals surface area contributed by atoms with Crippen LogP contribution in [0, 0.1) is 0 Å². The van der Waals surface area contributed by atoms with Crippen molar-refractivity contribution in [2.45, 2.75) is 59.2 Å². The lowest BCUT2D eigenvalue weighted by atomic mass is 10.2. The second-order valence-corrected chi connectivity index (χ2v) is 17.4. The van der Waals surface area contributed by atoms with Crippen molar-refractivity contribution < 1.29 is 42.8 Å². The van der Waals surface area contributed by atoms with Crippen LogP contribution in [-0.4, -0.2) is 126 Å². The number of carbonyl (C=O) groups is 3. The maximum absolute atomic E-state index is 13.1. The summed E-state index contributed by atoms with van der Waals surface area (Å²) in [6.07, 6.45) is 11.0. The van der Waals surface area contributed by atoms with E-state index >= 15 is 0 Å². The Bertz CT molecular complexity index is 2530. The molecule has 0 saturated carbocycles. The first kappa shape index (κ1) is 47.9. The fourth-order valence-electron chi connectivity index (χ4n) is 6.62. The monoisotopic (exact) mass is 959 g/mol. The third-order valence-electron chi connectivity index (χ3n) is 9.66. The number of nitrogens with two attached hydrogens (primary N) is 1. The summed E-state index contributed by atoms with van der Waals surface area (Å²) in [5.74, 6) is 3.11. The highest BCUT2D eigenvalue weighted by Crippen LogP contribution is 2.34. The van der Waals surface area contributed by atoms with Crippen LogP contribution in [0.5, 0.6) is 23.0 Å². The SMILES string of the molecule is CCOC(=O)CN(CCCN(Cc1ccc2c(c1)OCO2)C(=O)OC(C)(C)C)c1nc(-n2ccnc2)ns1.NC(=O)CN(CCCNCc1ccc2c(c1)OCO2)c1nc(-n2ccnc2)ns1. The van der Waals surface area contributed by atoms with E-state index in [1.54, 1.807) is 58.4 Å². The number of ether oxygens (including phenoxy) is 6. The zero-order valence-corrected chi connectivity index (χ0v) is 39.2. The largest absolute Gasteiger partial charge is 0.465 e. The molecule has 2 aromatic carbocycles. The van der Waals surface area contributed by atoms with Crippen molar-refractivity contribution in [3.05, 3.63) is 85.0 Å². The maximum Gasteiger partial charge on any atom is 0.410 e. The second kappa shape index (κ2) is 22.9. The van der Waals surface area contributed by atoms with Gasteiger partial charge in [-0.15, -0.1) is 0 Å². The van der Waals surface area contributed by atoms with Crippen LogP contribution in [0.3, 0.4) is 0 Å². The number of anilines is 2. The average molecular weight is 960 g/mol. The molecule has 2 aliphatic heterocycles. The minimum atomic E-state index is -0.642. The number of esters is 1. The molecule has 8 rings (SSSR count). The molecule has 67 heavy (non-hydrogen) atoms. The molecule has 4 aromatic heterocycles. The van der Waals surface area contributed by atoms with Crippen molar-refractivity contribution in [3.63, 3.8) is 0 Å². The van der Waals surface area contributed by atoms with Crippen LogP contribution >= 0.6 is 23.1 Å². The number of nitrogens with one attached hydrogen (secondary N) is 1. The van der Waals surface area contributed by atoms with Gasteiger partial charge < -0.3 is 54.2 Å². The number of hydrogen-bond acceptors (Lipinski definition) is 20. The number of primary amides is 1. The van der Waals surface area contributed by atoms with E-state index in [9.17, 15) is 14.4 Å². The molecular formula is C43H53N13O9S2. The summed E-state index contributed by atoms with van der Waals surface area (Å²) in [7, 11) is 0. The summed E-state index contributed by atoms with van der Waals surface area (Å²) in [5, 5.41) is 4.62. The zero-order chi connectivity index (χ0) is 47.2. The summed E-state index contributed by atoms with van der Waals surface area (Å²) in [6.45, 7) is 11.4. The first-order valence-electron chi connectivity index (χ1n) is 21.4. The summed E-state index contributed by atoms with van der Waals surface area (Å²) < 4.78 is 44.5. The Kier molecular flexibility index (Phi) is 16.4. The van der Waals surface area contributed by atoms with Crippen molar-refractivity contribution >= 4 is 51.3 Å². The molecule has 0 fully saturated rings. The van der Waals surface area contributed by atoms with E-state index in [1.807, 2.05) is 67.0 Å². The Hall–Kier alpha value is -7.05. The molecule has 356 valence electrons. The Morgan fingerprint density at radius 2 is 1.34 bits per heavy atom. The van der Waals surface area contributed by atoms with Gasteiger partial charge in [-0.3, -0.25) is 18.7 Å². The van der Waals surface area contributed by atoms with E-state index in [4.69, 9.17) is 34.2 Å². The van der Waals surface area contributed by atoms with Crippen LogP contribution < -0.4 is 39.8 Å². The lowest BCUT2D eigenvalue weighted by molar-refractivity contribution is -0.141. The topological polar surface area (TPSA) is 242 Å². The van der Waals surface area contributed by atoms with Gasteiger partial charge in [0.05, 0.1) is 13.2 Å².